The summed E-state index contributed by atoms with van der Waals surface area (Å²) in [6.07, 6.45) is -1.27. The highest BCUT2D eigenvalue weighted by molar-refractivity contribution is 6.31. The molecule has 1 aromatic rings. The molecule has 0 aliphatic heterocycles. The summed E-state index contributed by atoms with van der Waals surface area (Å²) in [7, 11) is 0. The van der Waals surface area contributed by atoms with E-state index in [1.807, 2.05) is 0 Å². The minimum Gasteiger partial charge on any atom is -0.411 e. The highest BCUT2D eigenvalue weighted by atomic mass is 35.5. The molecule has 0 aromatic heterocycles. The number of hydrogen-bond acceptors (Lipinski definition) is 5. The number of aliphatic hydroxyl groups excluding tert-OH is 2. The Kier molecular flexibility index (Phi) is 6.27. The molecule has 0 heterocycles. The average molecular weight is 287 g/mol. The zero-order valence-corrected chi connectivity index (χ0v) is 10.8. The van der Waals surface area contributed by atoms with Crippen molar-refractivity contribution in [1.82, 2.24) is 0 Å². The van der Waals surface area contributed by atoms with Crippen LogP contribution in [0.2, 0.25) is 0 Å². The van der Waals surface area contributed by atoms with Gasteiger partial charge in [-0.1, -0.05) is 23.4 Å². The lowest BCUT2D eigenvalue weighted by atomic mass is 10.0. The Balaban J connectivity index is 2.91. The molecule has 19 heavy (non-hydrogen) atoms. The monoisotopic (exact) mass is 286 g/mol. The van der Waals surface area contributed by atoms with Crippen LogP contribution in [-0.4, -0.2) is 39.5 Å². The molecule has 2 unspecified atom stereocenters. The second-order valence-electron chi connectivity index (χ2n) is 3.81. The van der Waals surface area contributed by atoms with E-state index in [1.54, 1.807) is 24.3 Å². The Morgan fingerprint density at radius 3 is 2.74 bits per heavy atom. The summed E-state index contributed by atoms with van der Waals surface area (Å²) in [6.45, 7) is 0. The molecule has 0 spiro atoms. The van der Waals surface area contributed by atoms with Crippen LogP contribution in [-0.2, 0) is 4.79 Å². The molecule has 0 fully saturated rings. The van der Waals surface area contributed by atoms with Gasteiger partial charge in [-0.25, -0.2) is 0 Å². The van der Waals surface area contributed by atoms with Gasteiger partial charge in [-0.15, -0.1) is 11.6 Å². The molecule has 1 aromatic carbocycles. The molecule has 0 bridgehead atoms. The maximum Gasteiger partial charge on any atom is 0.270 e. The number of carbonyl (C=O) groups is 1. The van der Waals surface area contributed by atoms with Crippen LogP contribution in [0.4, 0.5) is 5.69 Å². The third kappa shape index (κ3) is 4.51. The number of anilines is 1. The quantitative estimate of drug-likeness (QED) is 0.272. The van der Waals surface area contributed by atoms with Crippen LogP contribution in [0.25, 0.3) is 0 Å². The van der Waals surface area contributed by atoms with Gasteiger partial charge in [-0.3, -0.25) is 4.79 Å². The SMILES string of the molecule is O=C(C=NO)Nc1ccccc1C(O)C(O)CCCl. The number of aliphatic hydroxyl groups is 2. The highest BCUT2D eigenvalue weighted by Crippen LogP contribution is 2.26. The molecule has 4 N–H and O–H groups in total. The van der Waals surface area contributed by atoms with Gasteiger partial charge in [0.1, 0.15) is 12.3 Å². The van der Waals surface area contributed by atoms with Crippen LogP contribution in [0.1, 0.15) is 18.1 Å². The number of para-hydroxylation sites is 1. The van der Waals surface area contributed by atoms with Crippen LogP contribution >= 0.6 is 11.6 Å². The van der Waals surface area contributed by atoms with Crippen LogP contribution in [0.15, 0.2) is 29.4 Å². The predicted octanol–water partition coefficient (Wildman–Crippen LogP) is 1.11. The third-order valence-corrected chi connectivity index (χ3v) is 2.70. The molecular formula is C12H15ClN2O4. The lowest BCUT2D eigenvalue weighted by Crippen LogP contribution is -2.21. The number of hydrogen-bond donors (Lipinski definition) is 4. The second-order valence-corrected chi connectivity index (χ2v) is 4.19. The number of nitrogens with one attached hydrogen (secondary N) is 1. The normalized spacial score (nSPS) is 14.3. The first kappa shape index (κ1) is 15.4. The van der Waals surface area contributed by atoms with Gasteiger partial charge in [-0.2, -0.15) is 0 Å². The topological polar surface area (TPSA) is 102 Å². The predicted molar refractivity (Wildman–Crippen MR) is 71.7 cm³/mol. The fraction of sp³-hybridized carbons (Fsp3) is 0.333. The molecule has 0 aliphatic rings. The van der Waals surface area contributed by atoms with E-state index in [2.05, 4.69) is 10.5 Å². The second kappa shape index (κ2) is 7.73. The van der Waals surface area contributed by atoms with E-state index >= 15 is 0 Å². The lowest BCUT2D eigenvalue weighted by Gasteiger charge is -2.20. The fourth-order valence-corrected chi connectivity index (χ4v) is 1.79. The summed E-state index contributed by atoms with van der Waals surface area (Å²) in [6, 6.07) is 6.47. The molecule has 0 radical (unpaired) electrons. The smallest absolute Gasteiger partial charge is 0.270 e. The van der Waals surface area contributed by atoms with E-state index in [-0.39, 0.29) is 12.3 Å². The Labute approximate surface area is 115 Å². The van der Waals surface area contributed by atoms with Crippen molar-refractivity contribution in [1.29, 1.82) is 0 Å². The third-order valence-electron chi connectivity index (χ3n) is 2.48. The van der Waals surface area contributed by atoms with Crippen LogP contribution in [0, 0.1) is 0 Å². The van der Waals surface area contributed by atoms with Crippen molar-refractivity contribution >= 4 is 29.4 Å². The van der Waals surface area contributed by atoms with E-state index < -0.39 is 18.1 Å². The van der Waals surface area contributed by atoms with Gasteiger partial charge >= 0.3 is 0 Å². The minimum atomic E-state index is -1.17. The summed E-state index contributed by atoms with van der Waals surface area (Å²) < 4.78 is 0. The zero-order chi connectivity index (χ0) is 14.3. The number of amides is 1. The number of halogens is 1. The molecule has 0 saturated heterocycles. The van der Waals surface area contributed by atoms with Gasteiger partial charge in [0.05, 0.1) is 6.10 Å². The summed E-state index contributed by atoms with van der Waals surface area (Å²) in [5, 5.41) is 33.0. The first-order chi connectivity index (χ1) is 9.10. The van der Waals surface area contributed by atoms with Gasteiger partial charge in [0.25, 0.3) is 5.91 Å². The van der Waals surface area contributed by atoms with Crippen molar-refractivity contribution in [2.75, 3.05) is 11.2 Å². The fourth-order valence-electron chi connectivity index (χ4n) is 1.56. The molecule has 1 rings (SSSR count). The summed E-state index contributed by atoms with van der Waals surface area (Å²) in [5.74, 6) is -0.432. The number of carbonyl (C=O) groups excluding carboxylic acids is 1. The highest BCUT2D eigenvalue weighted by Gasteiger charge is 2.20. The number of benzene rings is 1. The molecule has 7 heteroatoms. The van der Waals surface area contributed by atoms with Crippen molar-refractivity contribution in [2.24, 2.45) is 5.16 Å². The summed E-state index contributed by atoms with van der Waals surface area (Å²) in [4.78, 5) is 11.3. The van der Waals surface area contributed by atoms with Gasteiger partial charge in [-0.05, 0) is 12.5 Å². The number of alkyl halides is 1. The molecular weight excluding hydrogens is 272 g/mol. The Hall–Kier alpha value is -1.63. The number of rotatable bonds is 6. The van der Waals surface area contributed by atoms with Gasteiger partial charge in [0, 0.05) is 17.1 Å². The summed E-state index contributed by atoms with van der Waals surface area (Å²) >= 11 is 5.51. The van der Waals surface area contributed by atoms with Gasteiger partial charge < -0.3 is 20.7 Å². The maximum atomic E-state index is 11.3. The van der Waals surface area contributed by atoms with Gasteiger partial charge in [0.15, 0.2) is 0 Å². The molecule has 1 amide bonds. The van der Waals surface area contributed by atoms with Crippen LogP contribution in [0.3, 0.4) is 0 Å². The van der Waals surface area contributed by atoms with E-state index in [4.69, 9.17) is 16.8 Å². The van der Waals surface area contributed by atoms with E-state index in [1.165, 1.54) is 0 Å². The standard InChI is InChI=1S/C12H15ClN2O4/c13-6-5-10(16)12(18)8-3-1-2-4-9(8)15-11(17)7-14-19/h1-4,7,10,12,16,18-19H,5-6H2,(H,15,17). The van der Waals surface area contributed by atoms with Crippen molar-refractivity contribution in [3.63, 3.8) is 0 Å². The van der Waals surface area contributed by atoms with Crippen molar-refractivity contribution in [2.45, 2.75) is 18.6 Å². The Morgan fingerprint density at radius 1 is 1.42 bits per heavy atom. The van der Waals surface area contributed by atoms with Crippen LogP contribution < -0.4 is 5.32 Å². The van der Waals surface area contributed by atoms with Crippen molar-refractivity contribution in [3.05, 3.63) is 29.8 Å². The number of oxime groups is 1. The molecule has 104 valence electrons. The van der Waals surface area contributed by atoms with Crippen molar-refractivity contribution < 1.29 is 20.2 Å². The Bertz CT molecular complexity index is 453. The molecule has 6 nitrogen and oxygen atoms in total. The molecule has 2 atom stereocenters. The maximum absolute atomic E-state index is 11.3. The number of nitrogens with zero attached hydrogens (tertiary/aromatic N) is 1. The minimum absolute atomic E-state index is 0.212. The lowest BCUT2D eigenvalue weighted by molar-refractivity contribution is -0.110. The molecule has 0 aliphatic carbocycles. The van der Waals surface area contributed by atoms with E-state index in [0.29, 0.717) is 17.5 Å². The largest absolute Gasteiger partial charge is 0.411 e. The molecule has 0 saturated carbocycles. The first-order valence-electron chi connectivity index (χ1n) is 5.59. The zero-order valence-electron chi connectivity index (χ0n) is 10.0. The van der Waals surface area contributed by atoms with E-state index in [0.717, 1.165) is 0 Å². The van der Waals surface area contributed by atoms with Gasteiger partial charge in [0.2, 0.25) is 0 Å². The Morgan fingerprint density at radius 2 is 2.11 bits per heavy atom. The average Bonchev–Trinajstić information content (AvgIpc) is 2.39. The van der Waals surface area contributed by atoms with Crippen molar-refractivity contribution in [3.8, 4) is 0 Å². The van der Waals surface area contributed by atoms with E-state index in [9.17, 15) is 15.0 Å². The first-order valence-corrected chi connectivity index (χ1v) is 6.13. The summed E-state index contributed by atoms with van der Waals surface area (Å²) in [5.41, 5.74) is 0.688. The van der Waals surface area contributed by atoms with Crippen LogP contribution in [0.5, 0.6) is 0 Å².